The second-order valence-electron chi connectivity index (χ2n) is 5.96. The number of hydrogen-bond donors (Lipinski definition) is 0. The van der Waals surface area contributed by atoms with E-state index < -0.39 is 0 Å². The molecule has 7 nitrogen and oxygen atoms in total. The molecular weight excluding hydrogens is 350 g/mol. The molecule has 3 aromatic rings. The fraction of sp³-hybridized carbons (Fsp3) is 0.389. The largest absolute Gasteiger partial charge is 0.494 e. The van der Waals surface area contributed by atoms with Gasteiger partial charge >= 0.3 is 0 Å². The van der Waals surface area contributed by atoms with Crippen LogP contribution in [0.2, 0.25) is 0 Å². The average molecular weight is 371 g/mol. The predicted molar refractivity (Wildman–Crippen MR) is 104 cm³/mol. The number of aromatic nitrogens is 3. The molecule has 136 valence electrons. The number of fused-ring (bicyclic) bond motifs is 1. The van der Waals surface area contributed by atoms with Crippen molar-refractivity contribution in [3.8, 4) is 11.5 Å². The molecule has 1 aromatic carbocycles. The number of rotatable bonds is 5. The first-order valence-corrected chi connectivity index (χ1v) is 9.48. The number of nitrogens with zero attached hydrogens (tertiary/aromatic N) is 5. The van der Waals surface area contributed by atoms with Crippen LogP contribution >= 0.6 is 11.3 Å². The molecule has 2 aromatic heterocycles. The Balaban J connectivity index is 1.44. The summed E-state index contributed by atoms with van der Waals surface area (Å²) in [5.74, 6) is 2.32. The van der Waals surface area contributed by atoms with E-state index >= 15 is 0 Å². The van der Waals surface area contributed by atoms with Crippen LogP contribution in [0.25, 0.3) is 10.2 Å². The van der Waals surface area contributed by atoms with E-state index in [1.165, 1.54) is 0 Å². The van der Waals surface area contributed by atoms with Gasteiger partial charge in [0.1, 0.15) is 5.75 Å². The average Bonchev–Trinajstić information content (AvgIpc) is 3.12. The SMILES string of the molecule is CCOc1ccc2nc(N3CCN(c4ncc(OC)cn4)CC3)sc2c1. The maximum Gasteiger partial charge on any atom is 0.225 e. The summed E-state index contributed by atoms with van der Waals surface area (Å²) in [4.78, 5) is 18.1. The quantitative estimate of drug-likeness (QED) is 0.683. The normalized spacial score (nSPS) is 14.7. The van der Waals surface area contributed by atoms with E-state index in [0.717, 1.165) is 53.2 Å². The minimum Gasteiger partial charge on any atom is -0.494 e. The Morgan fingerprint density at radius 1 is 1.04 bits per heavy atom. The number of piperazine rings is 1. The third kappa shape index (κ3) is 3.37. The van der Waals surface area contributed by atoms with Gasteiger partial charge < -0.3 is 19.3 Å². The molecule has 8 heteroatoms. The highest BCUT2D eigenvalue weighted by Crippen LogP contribution is 2.32. The first-order chi connectivity index (χ1) is 12.8. The molecule has 4 rings (SSSR count). The maximum absolute atomic E-state index is 5.58. The van der Waals surface area contributed by atoms with E-state index in [4.69, 9.17) is 14.5 Å². The van der Waals surface area contributed by atoms with Crippen LogP contribution in [0.1, 0.15) is 6.92 Å². The van der Waals surface area contributed by atoms with Gasteiger partial charge in [-0.05, 0) is 25.1 Å². The molecule has 1 saturated heterocycles. The molecule has 0 unspecified atom stereocenters. The molecule has 0 spiro atoms. The van der Waals surface area contributed by atoms with Gasteiger partial charge in [0.2, 0.25) is 5.95 Å². The van der Waals surface area contributed by atoms with Crippen LogP contribution in [0.5, 0.6) is 11.5 Å². The van der Waals surface area contributed by atoms with Gasteiger partial charge in [-0.15, -0.1) is 0 Å². The number of methoxy groups -OCH3 is 1. The topological polar surface area (TPSA) is 63.6 Å². The summed E-state index contributed by atoms with van der Waals surface area (Å²) in [7, 11) is 1.62. The van der Waals surface area contributed by atoms with Crippen LogP contribution in [0, 0.1) is 0 Å². The Bertz CT molecular complexity index is 875. The third-order valence-corrected chi connectivity index (χ3v) is 5.42. The van der Waals surface area contributed by atoms with E-state index in [-0.39, 0.29) is 0 Å². The predicted octanol–water partition coefficient (Wildman–Crippen LogP) is 2.82. The fourth-order valence-electron chi connectivity index (χ4n) is 2.96. The Hall–Kier alpha value is -2.61. The van der Waals surface area contributed by atoms with E-state index in [1.807, 2.05) is 19.1 Å². The Labute approximate surface area is 156 Å². The monoisotopic (exact) mass is 371 g/mol. The Morgan fingerprint density at radius 2 is 1.77 bits per heavy atom. The van der Waals surface area contributed by atoms with Crippen molar-refractivity contribution in [2.75, 3.05) is 49.7 Å². The van der Waals surface area contributed by atoms with Crippen LogP contribution in [0.15, 0.2) is 30.6 Å². The highest BCUT2D eigenvalue weighted by Gasteiger charge is 2.21. The van der Waals surface area contributed by atoms with Crippen molar-refractivity contribution < 1.29 is 9.47 Å². The highest BCUT2D eigenvalue weighted by atomic mass is 32.1. The fourth-order valence-corrected chi connectivity index (χ4v) is 4.01. The van der Waals surface area contributed by atoms with Crippen molar-refractivity contribution in [3.05, 3.63) is 30.6 Å². The first kappa shape index (κ1) is 16.8. The summed E-state index contributed by atoms with van der Waals surface area (Å²) < 4.78 is 11.9. The summed E-state index contributed by atoms with van der Waals surface area (Å²) in [6.45, 7) is 6.20. The number of anilines is 2. The minimum absolute atomic E-state index is 0.673. The van der Waals surface area contributed by atoms with Crippen molar-refractivity contribution in [1.82, 2.24) is 15.0 Å². The summed E-state index contributed by atoms with van der Waals surface area (Å²) in [5.41, 5.74) is 1.02. The molecule has 3 heterocycles. The molecule has 0 aliphatic carbocycles. The molecule has 1 aliphatic rings. The second kappa shape index (κ2) is 7.33. The summed E-state index contributed by atoms with van der Waals surface area (Å²) in [6, 6.07) is 6.08. The van der Waals surface area contributed by atoms with Crippen molar-refractivity contribution in [2.24, 2.45) is 0 Å². The van der Waals surface area contributed by atoms with Crippen LogP contribution in [0.3, 0.4) is 0 Å². The molecule has 0 N–H and O–H groups in total. The molecule has 0 bridgehead atoms. The third-order valence-electron chi connectivity index (χ3n) is 4.34. The zero-order chi connectivity index (χ0) is 17.9. The van der Waals surface area contributed by atoms with Gasteiger partial charge in [-0.2, -0.15) is 0 Å². The molecule has 0 atom stereocenters. The van der Waals surface area contributed by atoms with Gasteiger partial charge in [-0.1, -0.05) is 11.3 Å². The number of benzene rings is 1. The highest BCUT2D eigenvalue weighted by molar-refractivity contribution is 7.22. The van der Waals surface area contributed by atoms with Crippen LogP contribution < -0.4 is 19.3 Å². The zero-order valence-electron chi connectivity index (χ0n) is 14.9. The molecule has 26 heavy (non-hydrogen) atoms. The van der Waals surface area contributed by atoms with Gasteiger partial charge in [0, 0.05) is 26.2 Å². The van der Waals surface area contributed by atoms with Crippen molar-refractivity contribution >= 4 is 32.6 Å². The van der Waals surface area contributed by atoms with Gasteiger partial charge in [-0.25, -0.2) is 15.0 Å². The lowest BCUT2D eigenvalue weighted by Crippen LogP contribution is -2.47. The smallest absolute Gasteiger partial charge is 0.225 e. The zero-order valence-corrected chi connectivity index (χ0v) is 15.7. The number of ether oxygens (including phenoxy) is 2. The molecular formula is C18H21N5O2S. The van der Waals surface area contributed by atoms with E-state index in [0.29, 0.717) is 12.4 Å². The van der Waals surface area contributed by atoms with E-state index in [2.05, 4.69) is 25.8 Å². The van der Waals surface area contributed by atoms with Crippen LogP contribution in [0.4, 0.5) is 11.1 Å². The maximum atomic E-state index is 5.58. The summed E-state index contributed by atoms with van der Waals surface area (Å²) in [5, 5.41) is 1.06. The Kier molecular flexibility index (Phi) is 4.75. The van der Waals surface area contributed by atoms with E-state index in [1.54, 1.807) is 30.8 Å². The van der Waals surface area contributed by atoms with Gasteiger partial charge in [-0.3, -0.25) is 0 Å². The minimum atomic E-state index is 0.673. The molecule has 0 amide bonds. The van der Waals surface area contributed by atoms with Crippen molar-refractivity contribution in [1.29, 1.82) is 0 Å². The van der Waals surface area contributed by atoms with Crippen LogP contribution in [-0.4, -0.2) is 54.8 Å². The molecule has 0 saturated carbocycles. The summed E-state index contributed by atoms with van der Waals surface area (Å²) >= 11 is 1.71. The van der Waals surface area contributed by atoms with Gasteiger partial charge in [0.15, 0.2) is 10.9 Å². The summed E-state index contributed by atoms with van der Waals surface area (Å²) in [6.07, 6.45) is 3.41. The molecule has 1 fully saturated rings. The van der Waals surface area contributed by atoms with Gasteiger partial charge in [0.05, 0.1) is 36.3 Å². The number of thiazole rings is 1. The molecule has 0 radical (unpaired) electrons. The lowest BCUT2D eigenvalue weighted by atomic mass is 10.3. The second-order valence-corrected chi connectivity index (χ2v) is 6.97. The van der Waals surface area contributed by atoms with Crippen LogP contribution in [-0.2, 0) is 0 Å². The number of hydrogen-bond acceptors (Lipinski definition) is 8. The van der Waals surface area contributed by atoms with Crippen molar-refractivity contribution in [2.45, 2.75) is 6.92 Å². The van der Waals surface area contributed by atoms with Gasteiger partial charge in [0.25, 0.3) is 0 Å². The van der Waals surface area contributed by atoms with Crippen molar-refractivity contribution in [3.63, 3.8) is 0 Å². The first-order valence-electron chi connectivity index (χ1n) is 8.66. The standard InChI is InChI=1S/C18H21N5O2S/c1-3-25-13-4-5-15-16(10-13)26-18(21-15)23-8-6-22(7-9-23)17-19-11-14(24-2)12-20-17/h4-5,10-12H,3,6-9H2,1-2H3. The lowest BCUT2D eigenvalue weighted by Gasteiger charge is -2.34. The Morgan fingerprint density at radius 3 is 2.46 bits per heavy atom. The van der Waals surface area contributed by atoms with E-state index in [9.17, 15) is 0 Å². The molecule has 1 aliphatic heterocycles. The lowest BCUT2D eigenvalue weighted by molar-refractivity contribution is 0.341.